The van der Waals surface area contributed by atoms with Crippen molar-refractivity contribution >= 4 is 68.1 Å². The Kier molecular flexibility index (Phi) is 7.57. The molecule has 0 saturated carbocycles. The number of amides is 2. The maximum atomic E-state index is 13.1. The summed E-state index contributed by atoms with van der Waals surface area (Å²) in [6.07, 6.45) is 1.64. The van der Waals surface area contributed by atoms with Gasteiger partial charge in [-0.1, -0.05) is 35.3 Å². The Morgan fingerprint density at radius 1 is 1.08 bits per heavy atom. The van der Waals surface area contributed by atoms with Crippen LogP contribution >= 0.6 is 50.9 Å². The van der Waals surface area contributed by atoms with Gasteiger partial charge >= 0.3 is 0 Å². The van der Waals surface area contributed by atoms with E-state index in [0.29, 0.717) is 55.2 Å². The topological polar surface area (TPSA) is 74.3 Å². The van der Waals surface area contributed by atoms with Crippen molar-refractivity contribution in [3.8, 4) is 23.0 Å². The number of rotatable bonds is 7. The van der Waals surface area contributed by atoms with Gasteiger partial charge in [0.1, 0.15) is 6.61 Å². The molecule has 5 rings (SSSR count). The van der Waals surface area contributed by atoms with Crippen molar-refractivity contribution in [3.63, 3.8) is 0 Å². The molecule has 0 aromatic heterocycles. The van der Waals surface area contributed by atoms with Crippen LogP contribution in [0.1, 0.15) is 16.7 Å². The van der Waals surface area contributed by atoms with Gasteiger partial charge in [0.05, 0.1) is 23.0 Å². The van der Waals surface area contributed by atoms with Crippen molar-refractivity contribution in [1.82, 2.24) is 4.90 Å². The predicted molar refractivity (Wildman–Crippen MR) is 146 cm³/mol. The van der Waals surface area contributed by atoms with Crippen molar-refractivity contribution in [2.24, 2.45) is 0 Å². The first-order chi connectivity index (χ1) is 17.8. The molecule has 3 aromatic carbocycles. The second-order valence-electron chi connectivity index (χ2n) is 8.01. The monoisotopic (exact) mass is 621 g/mol. The number of methoxy groups -OCH3 is 1. The van der Waals surface area contributed by atoms with Gasteiger partial charge in [0.15, 0.2) is 23.0 Å². The molecule has 2 aliphatic heterocycles. The van der Waals surface area contributed by atoms with Crippen LogP contribution in [0.2, 0.25) is 10.0 Å². The molecule has 7 nitrogen and oxygen atoms in total. The lowest BCUT2D eigenvalue weighted by atomic mass is 10.1. The Morgan fingerprint density at radius 2 is 1.81 bits per heavy atom. The SMILES string of the molecule is COc1cc(/C=C2\SC(=O)N(Cc3cc4c(cc3Cl)OCO4)C2=O)cc(Br)c1OCc1ccc(Cl)cc1. The van der Waals surface area contributed by atoms with Crippen LogP contribution in [0.25, 0.3) is 6.08 Å². The molecule has 11 heteroatoms. The fraction of sp³-hybridized carbons (Fsp3) is 0.154. The van der Waals surface area contributed by atoms with E-state index in [4.69, 9.17) is 42.1 Å². The maximum Gasteiger partial charge on any atom is 0.293 e. The van der Waals surface area contributed by atoms with Crippen LogP contribution in [0.15, 0.2) is 57.9 Å². The largest absolute Gasteiger partial charge is 0.493 e. The lowest BCUT2D eigenvalue weighted by Gasteiger charge is -2.14. The van der Waals surface area contributed by atoms with Crippen molar-refractivity contribution in [2.45, 2.75) is 13.2 Å². The summed E-state index contributed by atoms with van der Waals surface area (Å²) in [6, 6.07) is 14.2. The van der Waals surface area contributed by atoms with Crippen molar-refractivity contribution < 1.29 is 28.5 Å². The van der Waals surface area contributed by atoms with Gasteiger partial charge in [-0.25, -0.2) is 0 Å². The summed E-state index contributed by atoms with van der Waals surface area (Å²) in [6.45, 7) is 0.429. The summed E-state index contributed by atoms with van der Waals surface area (Å²) in [5, 5.41) is 0.643. The van der Waals surface area contributed by atoms with Gasteiger partial charge in [-0.3, -0.25) is 14.5 Å². The van der Waals surface area contributed by atoms with E-state index in [9.17, 15) is 9.59 Å². The summed E-state index contributed by atoms with van der Waals surface area (Å²) in [4.78, 5) is 27.2. The summed E-state index contributed by atoms with van der Waals surface area (Å²) >= 11 is 16.7. The van der Waals surface area contributed by atoms with Crippen LogP contribution in [0.4, 0.5) is 4.79 Å². The van der Waals surface area contributed by atoms with Crippen LogP contribution in [-0.2, 0) is 17.9 Å². The summed E-state index contributed by atoms with van der Waals surface area (Å²) in [5.74, 6) is 1.63. The van der Waals surface area contributed by atoms with Crippen LogP contribution in [0, 0.1) is 0 Å². The lowest BCUT2D eigenvalue weighted by molar-refractivity contribution is -0.123. The van der Waals surface area contributed by atoms with E-state index in [2.05, 4.69) is 15.9 Å². The first-order valence-electron chi connectivity index (χ1n) is 10.9. The number of carbonyl (C=O) groups is 2. The van der Waals surface area contributed by atoms with E-state index in [0.717, 1.165) is 22.2 Å². The standard InChI is InChI=1S/C26H18BrCl2NO6S/c1-33-22-7-15(6-18(27)24(22)34-12-14-2-4-17(28)5-3-14)8-23-25(31)30(26(32)37-23)11-16-9-20-21(10-19(16)29)36-13-35-20/h2-10H,11-13H2,1H3/b23-8-. The Bertz CT molecular complexity index is 1430. The smallest absolute Gasteiger partial charge is 0.293 e. The minimum atomic E-state index is -0.415. The molecular weight excluding hydrogens is 605 g/mol. The fourth-order valence-corrected chi connectivity index (χ4v) is 5.49. The quantitative estimate of drug-likeness (QED) is 0.256. The van der Waals surface area contributed by atoms with Gasteiger partial charge in [0.25, 0.3) is 11.1 Å². The molecule has 0 atom stereocenters. The zero-order valence-corrected chi connectivity index (χ0v) is 23.2. The minimum Gasteiger partial charge on any atom is -0.493 e. The molecule has 1 fully saturated rings. The molecule has 0 N–H and O–H groups in total. The van der Waals surface area contributed by atoms with E-state index in [-0.39, 0.29) is 23.5 Å². The third-order valence-corrected chi connectivity index (χ3v) is 7.69. The Labute approximate surface area is 235 Å². The van der Waals surface area contributed by atoms with E-state index in [1.807, 2.05) is 12.1 Å². The highest BCUT2D eigenvalue weighted by Crippen LogP contribution is 2.41. The van der Waals surface area contributed by atoms with Crippen LogP contribution < -0.4 is 18.9 Å². The molecule has 0 radical (unpaired) electrons. The molecule has 0 spiro atoms. The van der Waals surface area contributed by atoms with E-state index in [1.54, 1.807) is 42.5 Å². The average molecular weight is 623 g/mol. The van der Waals surface area contributed by atoms with Gasteiger partial charge in [-0.2, -0.15) is 0 Å². The van der Waals surface area contributed by atoms with Crippen LogP contribution in [-0.4, -0.2) is 29.9 Å². The highest BCUT2D eigenvalue weighted by atomic mass is 79.9. The van der Waals surface area contributed by atoms with Crippen molar-refractivity contribution in [1.29, 1.82) is 0 Å². The second-order valence-corrected chi connectivity index (χ2v) is 10.7. The molecular formula is C26H18BrCl2NO6S. The number of thioether (sulfide) groups is 1. The number of carbonyl (C=O) groups excluding carboxylic acids is 2. The molecule has 2 aliphatic rings. The molecule has 2 heterocycles. The molecule has 0 bridgehead atoms. The predicted octanol–water partition coefficient (Wildman–Crippen LogP) is 7.31. The zero-order valence-electron chi connectivity index (χ0n) is 19.3. The van der Waals surface area contributed by atoms with Crippen molar-refractivity contribution in [2.75, 3.05) is 13.9 Å². The highest BCUT2D eigenvalue weighted by molar-refractivity contribution is 9.10. The number of hydrogen-bond donors (Lipinski definition) is 0. The van der Waals surface area contributed by atoms with Gasteiger partial charge in [0.2, 0.25) is 6.79 Å². The first-order valence-corrected chi connectivity index (χ1v) is 13.3. The average Bonchev–Trinajstić information content (AvgIpc) is 3.43. The Hall–Kier alpha value is -2.85. The number of benzene rings is 3. The molecule has 2 amide bonds. The summed E-state index contributed by atoms with van der Waals surface area (Å²) < 4.78 is 22.8. The highest BCUT2D eigenvalue weighted by Gasteiger charge is 2.36. The summed E-state index contributed by atoms with van der Waals surface area (Å²) in [5.41, 5.74) is 2.19. The molecule has 0 unspecified atom stereocenters. The van der Waals surface area contributed by atoms with Gasteiger partial charge < -0.3 is 18.9 Å². The molecule has 190 valence electrons. The van der Waals surface area contributed by atoms with E-state index in [1.165, 1.54) is 7.11 Å². The number of hydrogen-bond acceptors (Lipinski definition) is 7. The minimum absolute atomic E-state index is 0.0158. The van der Waals surface area contributed by atoms with Crippen molar-refractivity contribution in [3.05, 3.63) is 84.6 Å². The number of nitrogens with zero attached hydrogens (tertiary/aromatic N) is 1. The van der Waals surface area contributed by atoms with Crippen LogP contribution in [0.5, 0.6) is 23.0 Å². The maximum absolute atomic E-state index is 13.1. The molecule has 3 aromatic rings. The summed E-state index contributed by atoms with van der Waals surface area (Å²) in [7, 11) is 1.53. The number of imide groups is 1. The number of fused-ring (bicyclic) bond motifs is 1. The number of ether oxygens (including phenoxy) is 4. The normalized spacial score (nSPS) is 15.6. The second kappa shape index (κ2) is 10.9. The molecule has 37 heavy (non-hydrogen) atoms. The fourth-order valence-electron chi connectivity index (χ4n) is 3.74. The third-order valence-electron chi connectivity index (χ3n) is 5.59. The first kappa shape index (κ1) is 25.8. The molecule has 1 saturated heterocycles. The van der Waals surface area contributed by atoms with Crippen LogP contribution in [0.3, 0.4) is 0 Å². The van der Waals surface area contributed by atoms with Gasteiger partial charge in [-0.05, 0) is 80.8 Å². The van der Waals surface area contributed by atoms with Gasteiger partial charge in [0, 0.05) is 16.1 Å². The Balaban J connectivity index is 1.34. The van der Waals surface area contributed by atoms with E-state index < -0.39 is 5.91 Å². The van der Waals surface area contributed by atoms with Gasteiger partial charge in [-0.15, -0.1) is 0 Å². The van der Waals surface area contributed by atoms with E-state index >= 15 is 0 Å². The zero-order chi connectivity index (χ0) is 26.1. The Morgan fingerprint density at radius 3 is 2.54 bits per heavy atom. The lowest BCUT2D eigenvalue weighted by Crippen LogP contribution is -2.27. The molecule has 0 aliphatic carbocycles. The third kappa shape index (κ3) is 5.55. The number of halogens is 3.